The minimum absolute atomic E-state index is 0.0836. The zero-order chi connectivity index (χ0) is 22.4. The highest BCUT2D eigenvalue weighted by atomic mass is 32.2. The zero-order valence-electron chi connectivity index (χ0n) is 17.8. The number of sulfonamides is 1. The van der Waals surface area contributed by atoms with Gasteiger partial charge in [0.05, 0.1) is 10.6 Å². The van der Waals surface area contributed by atoms with E-state index in [4.69, 9.17) is 0 Å². The van der Waals surface area contributed by atoms with Gasteiger partial charge in [0.25, 0.3) is 5.91 Å². The summed E-state index contributed by atoms with van der Waals surface area (Å²) in [6.45, 7) is 4.48. The smallest absolute Gasteiger partial charge is 0.264 e. The molecule has 0 bridgehead atoms. The largest absolute Gasteiger partial charge is 0.350 e. The van der Waals surface area contributed by atoms with Crippen LogP contribution in [0.1, 0.15) is 53.9 Å². The number of nitrogens with one attached hydrogen (secondary N) is 2. The van der Waals surface area contributed by atoms with E-state index in [-0.39, 0.29) is 23.6 Å². The van der Waals surface area contributed by atoms with Crippen LogP contribution in [0.3, 0.4) is 0 Å². The van der Waals surface area contributed by atoms with E-state index >= 15 is 0 Å². The lowest BCUT2D eigenvalue weighted by atomic mass is 10.0. The van der Waals surface area contributed by atoms with Crippen molar-refractivity contribution >= 4 is 33.2 Å². The van der Waals surface area contributed by atoms with Gasteiger partial charge in [0.2, 0.25) is 15.9 Å². The van der Waals surface area contributed by atoms with Crippen LogP contribution >= 0.6 is 11.3 Å². The fraction of sp³-hybridized carbons (Fsp3) is 0.455. The lowest BCUT2D eigenvalue weighted by molar-refractivity contribution is -0.126. The number of benzene rings is 1. The highest BCUT2D eigenvalue weighted by Gasteiger charge is 2.32. The first-order chi connectivity index (χ1) is 14.7. The topological polar surface area (TPSA) is 95.6 Å². The molecule has 1 aromatic heterocycles. The third kappa shape index (κ3) is 6.62. The van der Waals surface area contributed by atoms with Crippen LogP contribution in [0, 0.1) is 0 Å². The normalized spacial score (nSPS) is 17.0. The molecule has 0 radical (unpaired) electrons. The summed E-state index contributed by atoms with van der Waals surface area (Å²) in [5.74, 6) is -0.326. The predicted octanol–water partition coefficient (Wildman–Crippen LogP) is 2.89. The number of carbonyl (C=O) groups is 2. The maximum Gasteiger partial charge on any atom is 0.264 e. The molecule has 1 fully saturated rings. The lowest BCUT2D eigenvalue weighted by Gasteiger charge is -2.34. The average molecular weight is 464 g/mol. The molecular weight excluding hydrogens is 434 g/mol. The molecule has 1 aromatic carbocycles. The molecular formula is C22H29N3O4S2. The standard InChI is InChI=1S/C22H29N3O4S2/c1-16(2)24-31(28,29)15-18-10-8-17(9-11-18)14-23-21(26)19-6-3-4-12-25(19)22(27)20-7-5-13-30-20/h5,7-11,13,16,19,24H,3-4,6,12,14-15H2,1-2H3,(H,23,26). The Morgan fingerprint density at radius 1 is 1.13 bits per heavy atom. The summed E-state index contributed by atoms with van der Waals surface area (Å²) in [5.41, 5.74) is 1.56. The van der Waals surface area contributed by atoms with Crippen LogP contribution in [-0.2, 0) is 27.1 Å². The molecule has 1 aliphatic heterocycles. The average Bonchev–Trinajstić information content (AvgIpc) is 3.26. The second-order valence-corrected chi connectivity index (χ2v) is 10.8. The number of hydrogen-bond donors (Lipinski definition) is 2. The van der Waals surface area contributed by atoms with Crippen LogP contribution < -0.4 is 10.0 Å². The summed E-state index contributed by atoms with van der Waals surface area (Å²) >= 11 is 1.39. The van der Waals surface area contributed by atoms with Gasteiger partial charge < -0.3 is 10.2 Å². The molecule has 9 heteroatoms. The van der Waals surface area contributed by atoms with Crippen molar-refractivity contribution < 1.29 is 18.0 Å². The summed E-state index contributed by atoms with van der Waals surface area (Å²) in [7, 11) is -3.38. The van der Waals surface area contributed by atoms with Crippen molar-refractivity contribution in [2.75, 3.05) is 6.54 Å². The Morgan fingerprint density at radius 3 is 2.48 bits per heavy atom. The van der Waals surface area contributed by atoms with Gasteiger partial charge in [-0.2, -0.15) is 0 Å². The number of amides is 2. The number of piperidine rings is 1. The van der Waals surface area contributed by atoms with E-state index in [1.807, 2.05) is 23.6 Å². The molecule has 0 spiro atoms. The van der Waals surface area contributed by atoms with Crippen molar-refractivity contribution in [2.45, 2.75) is 57.5 Å². The summed E-state index contributed by atoms with van der Waals surface area (Å²) in [6, 6.07) is 10.2. The first kappa shape index (κ1) is 23.4. The van der Waals surface area contributed by atoms with E-state index in [2.05, 4.69) is 10.0 Å². The summed E-state index contributed by atoms with van der Waals surface area (Å²) in [4.78, 5) is 27.9. The minimum Gasteiger partial charge on any atom is -0.350 e. The van der Waals surface area contributed by atoms with Crippen molar-refractivity contribution in [3.8, 4) is 0 Å². The highest BCUT2D eigenvalue weighted by molar-refractivity contribution is 7.88. The summed E-state index contributed by atoms with van der Waals surface area (Å²) < 4.78 is 26.7. The number of carbonyl (C=O) groups excluding carboxylic acids is 2. The summed E-state index contributed by atoms with van der Waals surface area (Å²) in [5, 5.41) is 4.79. The van der Waals surface area contributed by atoms with E-state index in [9.17, 15) is 18.0 Å². The molecule has 2 N–H and O–H groups in total. The van der Waals surface area contributed by atoms with E-state index in [0.29, 0.717) is 30.0 Å². The van der Waals surface area contributed by atoms with Crippen molar-refractivity contribution in [2.24, 2.45) is 0 Å². The van der Waals surface area contributed by atoms with Crippen molar-refractivity contribution in [1.29, 1.82) is 0 Å². The highest BCUT2D eigenvalue weighted by Crippen LogP contribution is 2.22. The first-order valence-electron chi connectivity index (χ1n) is 10.4. The van der Waals surface area contributed by atoms with Crippen LogP contribution in [0.15, 0.2) is 41.8 Å². The molecule has 1 atom stereocenters. The first-order valence-corrected chi connectivity index (χ1v) is 13.0. The van der Waals surface area contributed by atoms with Gasteiger partial charge in [0.1, 0.15) is 6.04 Å². The summed E-state index contributed by atoms with van der Waals surface area (Å²) in [6.07, 6.45) is 2.47. The van der Waals surface area contributed by atoms with Gasteiger partial charge in [-0.05, 0) is 55.7 Å². The lowest BCUT2D eigenvalue weighted by Crippen LogP contribution is -2.51. The monoisotopic (exact) mass is 463 g/mol. The van der Waals surface area contributed by atoms with Crippen LogP contribution in [0.4, 0.5) is 0 Å². The van der Waals surface area contributed by atoms with Gasteiger partial charge >= 0.3 is 0 Å². The molecule has 1 unspecified atom stereocenters. The SMILES string of the molecule is CC(C)NS(=O)(=O)Cc1ccc(CNC(=O)C2CCCCN2C(=O)c2cccs2)cc1. The predicted molar refractivity (Wildman–Crippen MR) is 122 cm³/mol. The molecule has 1 saturated heterocycles. The van der Waals surface area contributed by atoms with Crippen LogP contribution in [0.25, 0.3) is 0 Å². The Hall–Kier alpha value is -2.23. The number of likely N-dealkylation sites (tertiary alicyclic amines) is 1. The minimum atomic E-state index is -3.38. The Labute approximate surface area is 187 Å². The Balaban J connectivity index is 1.57. The number of hydrogen-bond acceptors (Lipinski definition) is 5. The molecule has 0 aliphatic carbocycles. The Kier molecular flexibility index (Phi) is 7.85. The van der Waals surface area contributed by atoms with Gasteiger partial charge in [-0.25, -0.2) is 13.1 Å². The van der Waals surface area contributed by atoms with E-state index in [1.165, 1.54) is 11.3 Å². The van der Waals surface area contributed by atoms with Crippen molar-refractivity contribution in [1.82, 2.24) is 14.9 Å². The van der Waals surface area contributed by atoms with Gasteiger partial charge in [-0.15, -0.1) is 11.3 Å². The van der Waals surface area contributed by atoms with E-state index in [1.54, 1.807) is 36.9 Å². The van der Waals surface area contributed by atoms with Gasteiger partial charge in [0, 0.05) is 19.1 Å². The molecule has 1 aliphatic rings. The second kappa shape index (κ2) is 10.4. The Bertz CT molecular complexity index is 986. The van der Waals surface area contributed by atoms with E-state index < -0.39 is 16.1 Å². The fourth-order valence-electron chi connectivity index (χ4n) is 3.67. The third-order valence-electron chi connectivity index (χ3n) is 5.06. The maximum absolute atomic E-state index is 12.8. The Morgan fingerprint density at radius 2 is 1.84 bits per heavy atom. The molecule has 2 amide bonds. The van der Waals surface area contributed by atoms with Gasteiger partial charge in [-0.3, -0.25) is 9.59 Å². The number of nitrogens with zero attached hydrogens (tertiary/aromatic N) is 1. The molecule has 2 aromatic rings. The van der Waals surface area contributed by atoms with Gasteiger partial charge in [0.15, 0.2) is 0 Å². The maximum atomic E-state index is 12.8. The molecule has 168 valence electrons. The fourth-order valence-corrected chi connectivity index (χ4v) is 5.78. The number of rotatable bonds is 8. The van der Waals surface area contributed by atoms with Crippen molar-refractivity contribution in [3.63, 3.8) is 0 Å². The van der Waals surface area contributed by atoms with Crippen molar-refractivity contribution in [3.05, 3.63) is 57.8 Å². The van der Waals surface area contributed by atoms with Crippen LogP contribution in [0.5, 0.6) is 0 Å². The van der Waals surface area contributed by atoms with Crippen LogP contribution in [-0.4, -0.2) is 43.8 Å². The third-order valence-corrected chi connectivity index (χ3v) is 7.46. The molecule has 0 saturated carbocycles. The quantitative estimate of drug-likeness (QED) is 0.629. The van der Waals surface area contributed by atoms with Crippen LogP contribution in [0.2, 0.25) is 0 Å². The molecule has 31 heavy (non-hydrogen) atoms. The zero-order valence-corrected chi connectivity index (χ0v) is 19.5. The van der Waals surface area contributed by atoms with E-state index in [0.717, 1.165) is 18.4 Å². The molecule has 3 rings (SSSR count). The molecule has 2 heterocycles. The number of thiophene rings is 1. The second-order valence-electron chi connectivity index (χ2n) is 8.05. The molecule has 7 nitrogen and oxygen atoms in total. The van der Waals surface area contributed by atoms with Gasteiger partial charge in [-0.1, -0.05) is 30.3 Å².